The fourth-order valence-electron chi connectivity index (χ4n) is 4.38. The quantitative estimate of drug-likeness (QED) is 0.626. The van der Waals surface area contributed by atoms with Crippen LogP contribution in [0.2, 0.25) is 0 Å². The number of amides is 2. The Balaban J connectivity index is 1.75. The highest BCUT2D eigenvalue weighted by Crippen LogP contribution is 2.37. The Kier molecular flexibility index (Phi) is 7.57. The fourth-order valence-corrected chi connectivity index (χ4v) is 4.38. The Bertz CT molecular complexity index is 959. The molecule has 1 heterocycles. The molecule has 0 N–H and O–H groups in total. The van der Waals surface area contributed by atoms with Crippen molar-refractivity contribution >= 4 is 17.8 Å². The fraction of sp³-hybridized carbons (Fsp3) is 0.444. The van der Waals surface area contributed by atoms with Crippen molar-refractivity contribution in [3.05, 3.63) is 71.8 Å². The van der Waals surface area contributed by atoms with Gasteiger partial charge in [0.15, 0.2) is 6.61 Å². The molecule has 1 aliphatic rings. The molecule has 3 rings (SSSR count). The third kappa shape index (κ3) is 5.81. The van der Waals surface area contributed by atoms with Crippen LogP contribution in [-0.2, 0) is 31.1 Å². The standard InChI is InChI=1S/C27H34N2O4/c1-21(30)28-17-15-27(16-18-28,23-13-9-6-10-14-23)25(32)33-20-24(31)29(26(2,3)4)19-22-11-7-5-8-12-22/h5-14H,15-20H2,1-4H3. The lowest BCUT2D eigenvalue weighted by Gasteiger charge is -2.40. The van der Waals surface area contributed by atoms with Gasteiger partial charge < -0.3 is 14.5 Å². The molecule has 1 aliphatic heterocycles. The number of benzene rings is 2. The van der Waals surface area contributed by atoms with Crippen molar-refractivity contribution in [3.8, 4) is 0 Å². The van der Waals surface area contributed by atoms with Crippen molar-refractivity contribution in [2.45, 2.75) is 58.0 Å². The number of rotatable bonds is 6. The molecule has 0 radical (unpaired) electrons. The summed E-state index contributed by atoms with van der Waals surface area (Å²) in [5, 5.41) is 0. The van der Waals surface area contributed by atoms with Crippen molar-refractivity contribution in [1.29, 1.82) is 0 Å². The van der Waals surface area contributed by atoms with E-state index in [1.807, 2.05) is 81.4 Å². The van der Waals surface area contributed by atoms with Crippen LogP contribution < -0.4 is 0 Å². The number of hydrogen-bond donors (Lipinski definition) is 0. The van der Waals surface area contributed by atoms with E-state index < -0.39 is 16.9 Å². The second kappa shape index (κ2) is 10.2. The molecule has 0 bridgehead atoms. The van der Waals surface area contributed by atoms with E-state index in [-0.39, 0.29) is 18.4 Å². The molecular weight excluding hydrogens is 416 g/mol. The first-order valence-corrected chi connectivity index (χ1v) is 11.5. The van der Waals surface area contributed by atoms with Crippen LogP contribution in [-0.4, -0.2) is 52.8 Å². The zero-order valence-corrected chi connectivity index (χ0v) is 20.0. The van der Waals surface area contributed by atoms with E-state index >= 15 is 0 Å². The lowest BCUT2D eigenvalue weighted by atomic mass is 9.72. The third-order valence-corrected chi connectivity index (χ3v) is 6.40. The van der Waals surface area contributed by atoms with E-state index in [1.54, 1.807) is 16.7 Å². The summed E-state index contributed by atoms with van der Waals surface area (Å²) < 4.78 is 5.68. The van der Waals surface area contributed by atoms with Crippen LogP contribution in [0.3, 0.4) is 0 Å². The minimum absolute atomic E-state index is 0.00179. The number of hydrogen-bond acceptors (Lipinski definition) is 4. The normalized spacial score (nSPS) is 15.6. The molecular formula is C27H34N2O4. The Morgan fingerprint density at radius 1 is 0.939 bits per heavy atom. The van der Waals surface area contributed by atoms with Crippen molar-refractivity contribution in [2.24, 2.45) is 0 Å². The average Bonchev–Trinajstić information content (AvgIpc) is 2.81. The van der Waals surface area contributed by atoms with Crippen molar-refractivity contribution in [3.63, 3.8) is 0 Å². The third-order valence-electron chi connectivity index (χ3n) is 6.40. The molecule has 0 unspecified atom stereocenters. The summed E-state index contributed by atoms with van der Waals surface area (Å²) in [5.74, 6) is -0.634. The molecule has 0 aromatic heterocycles. The van der Waals surface area contributed by atoms with Gasteiger partial charge >= 0.3 is 5.97 Å². The van der Waals surface area contributed by atoms with Crippen molar-refractivity contribution in [1.82, 2.24) is 9.80 Å². The van der Waals surface area contributed by atoms with E-state index in [0.717, 1.165) is 11.1 Å². The predicted molar refractivity (Wildman–Crippen MR) is 127 cm³/mol. The highest BCUT2D eigenvalue weighted by atomic mass is 16.5. The van der Waals surface area contributed by atoms with E-state index in [2.05, 4.69) is 0 Å². The summed E-state index contributed by atoms with van der Waals surface area (Å²) in [4.78, 5) is 41.9. The highest BCUT2D eigenvalue weighted by molar-refractivity contribution is 5.87. The van der Waals surface area contributed by atoms with Gasteiger partial charge in [-0.25, -0.2) is 0 Å². The topological polar surface area (TPSA) is 66.9 Å². The second-order valence-electron chi connectivity index (χ2n) is 9.67. The zero-order valence-electron chi connectivity index (χ0n) is 20.0. The summed E-state index contributed by atoms with van der Waals surface area (Å²) in [6.45, 7) is 8.55. The first kappa shape index (κ1) is 24.5. The molecule has 2 aromatic carbocycles. The van der Waals surface area contributed by atoms with Crippen LogP contribution in [0.4, 0.5) is 0 Å². The van der Waals surface area contributed by atoms with Crippen LogP contribution in [0.15, 0.2) is 60.7 Å². The maximum absolute atomic E-state index is 13.4. The van der Waals surface area contributed by atoms with Gasteiger partial charge in [0.2, 0.25) is 5.91 Å². The average molecular weight is 451 g/mol. The van der Waals surface area contributed by atoms with Gasteiger partial charge in [0.05, 0.1) is 5.41 Å². The van der Waals surface area contributed by atoms with Gasteiger partial charge in [0, 0.05) is 32.1 Å². The van der Waals surface area contributed by atoms with Crippen molar-refractivity contribution in [2.75, 3.05) is 19.7 Å². The number of carbonyl (C=O) groups is 3. The highest BCUT2D eigenvalue weighted by Gasteiger charge is 2.45. The molecule has 2 aromatic rings. The number of ether oxygens (including phenoxy) is 1. The molecule has 1 fully saturated rings. The lowest BCUT2D eigenvalue weighted by Crippen LogP contribution is -2.51. The largest absolute Gasteiger partial charge is 0.455 e. The van der Waals surface area contributed by atoms with E-state index in [9.17, 15) is 14.4 Å². The molecule has 1 saturated heterocycles. The number of likely N-dealkylation sites (tertiary alicyclic amines) is 1. The maximum atomic E-state index is 13.4. The summed E-state index contributed by atoms with van der Waals surface area (Å²) in [6, 6.07) is 19.3. The smallest absolute Gasteiger partial charge is 0.317 e. The maximum Gasteiger partial charge on any atom is 0.317 e. The van der Waals surface area contributed by atoms with Gasteiger partial charge in [0.25, 0.3) is 5.91 Å². The summed E-state index contributed by atoms with van der Waals surface area (Å²) in [6.07, 6.45) is 0.938. The first-order valence-electron chi connectivity index (χ1n) is 11.5. The Morgan fingerprint density at radius 2 is 1.48 bits per heavy atom. The summed E-state index contributed by atoms with van der Waals surface area (Å²) in [7, 11) is 0. The predicted octanol–water partition coefficient (Wildman–Crippen LogP) is 3.94. The summed E-state index contributed by atoms with van der Waals surface area (Å²) in [5.41, 5.74) is 0.593. The van der Waals surface area contributed by atoms with Gasteiger partial charge in [-0.3, -0.25) is 14.4 Å². The number of esters is 1. The minimum Gasteiger partial charge on any atom is -0.455 e. The van der Waals surface area contributed by atoms with Gasteiger partial charge in [-0.15, -0.1) is 0 Å². The molecule has 33 heavy (non-hydrogen) atoms. The first-order chi connectivity index (χ1) is 15.6. The van der Waals surface area contributed by atoms with E-state index in [1.165, 1.54) is 0 Å². The Morgan fingerprint density at radius 3 is 2.00 bits per heavy atom. The number of piperidine rings is 1. The Hall–Kier alpha value is -3.15. The molecule has 6 heteroatoms. The van der Waals surface area contributed by atoms with Crippen LogP contribution >= 0.6 is 0 Å². The molecule has 176 valence electrons. The van der Waals surface area contributed by atoms with Crippen molar-refractivity contribution < 1.29 is 19.1 Å². The molecule has 0 spiro atoms. The zero-order chi connectivity index (χ0) is 24.1. The molecule has 2 amide bonds. The summed E-state index contributed by atoms with van der Waals surface area (Å²) >= 11 is 0. The lowest BCUT2D eigenvalue weighted by molar-refractivity contribution is -0.161. The second-order valence-corrected chi connectivity index (χ2v) is 9.67. The molecule has 0 saturated carbocycles. The van der Waals surface area contributed by atoms with E-state index in [4.69, 9.17) is 4.74 Å². The van der Waals surface area contributed by atoms with E-state index in [0.29, 0.717) is 32.5 Å². The Labute approximate surface area is 196 Å². The van der Waals surface area contributed by atoms with Crippen LogP contribution in [0, 0.1) is 0 Å². The molecule has 0 atom stereocenters. The monoisotopic (exact) mass is 450 g/mol. The number of nitrogens with zero attached hydrogens (tertiary/aromatic N) is 2. The number of carbonyl (C=O) groups excluding carboxylic acids is 3. The molecule has 6 nitrogen and oxygen atoms in total. The van der Waals surface area contributed by atoms with Gasteiger partial charge in [0.1, 0.15) is 0 Å². The SMILES string of the molecule is CC(=O)N1CCC(C(=O)OCC(=O)N(Cc2ccccc2)C(C)(C)C)(c2ccccc2)CC1. The minimum atomic E-state index is -0.862. The van der Waals surface area contributed by atoms with Gasteiger partial charge in [-0.05, 0) is 44.7 Å². The van der Waals surface area contributed by atoms with Gasteiger partial charge in [-0.2, -0.15) is 0 Å². The van der Waals surface area contributed by atoms with Crippen LogP contribution in [0.1, 0.15) is 51.7 Å². The molecule has 0 aliphatic carbocycles. The van der Waals surface area contributed by atoms with Crippen LogP contribution in [0.25, 0.3) is 0 Å². The van der Waals surface area contributed by atoms with Gasteiger partial charge in [-0.1, -0.05) is 60.7 Å². The van der Waals surface area contributed by atoms with Crippen LogP contribution in [0.5, 0.6) is 0 Å².